The normalized spacial score (nSPS) is 9.61. The molecule has 2 aromatic rings. The molecule has 1 aromatic carbocycles. The summed E-state index contributed by atoms with van der Waals surface area (Å²) in [4.78, 5) is 14.6. The van der Waals surface area contributed by atoms with E-state index in [9.17, 15) is 14.3 Å². The van der Waals surface area contributed by atoms with E-state index in [0.29, 0.717) is 5.56 Å². The van der Waals surface area contributed by atoms with Gasteiger partial charge in [0.25, 0.3) is 0 Å². The summed E-state index contributed by atoms with van der Waals surface area (Å²) in [6.07, 6.45) is 2.98. The van der Waals surface area contributed by atoms with Gasteiger partial charge >= 0.3 is 18.9 Å². The smallest absolute Gasteiger partial charge is 0.545 e. The quantitative estimate of drug-likeness (QED) is 0.477. The van der Waals surface area contributed by atoms with E-state index >= 15 is 0 Å². The zero-order valence-corrected chi connectivity index (χ0v) is 9.68. The number of rotatable bonds is 2. The van der Waals surface area contributed by atoms with Gasteiger partial charge in [0, 0.05) is 29.2 Å². The molecule has 1 aromatic heterocycles. The summed E-state index contributed by atoms with van der Waals surface area (Å²) in [5, 5.41) is 10.8. The minimum atomic E-state index is -1.43. The Bertz CT molecular complexity index is 576. The van der Waals surface area contributed by atoms with Crippen LogP contribution in [0.4, 0.5) is 10.1 Å². The van der Waals surface area contributed by atoms with Crippen LogP contribution in [-0.2, 0) is 0 Å². The number of pyridine rings is 1. The van der Waals surface area contributed by atoms with Crippen molar-refractivity contribution in [3.05, 3.63) is 48.0 Å². The number of nitrogens with zero attached hydrogens (tertiary/aromatic N) is 1. The third-order valence-electron chi connectivity index (χ3n) is 2.35. The third kappa shape index (κ3) is 2.70. The first-order valence-electron chi connectivity index (χ1n) is 4.80. The van der Waals surface area contributed by atoms with Crippen molar-refractivity contribution in [2.24, 2.45) is 0 Å². The Balaban J connectivity index is 0.00000162. The molecule has 0 saturated heterocycles. The van der Waals surface area contributed by atoms with Crippen LogP contribution in [-0.4, -0.2) is 11.0 Å². The number of hydrogen-bond acceptors (Lipinski definition) is 4. The van der Waals surface area contributed by atoms with Gasteiger partial charge in [-0.05, 0) is 29.8 Å². The number of carboxylic acid groups (broad SMARTS) is 1. The maximum absolute atomic E-state index is 13.7. The second-order valence-corrected chi connectivity index (χ2v) is 3.44. The molecule has 0 fully saturated rings. The molecule has 0 bridgehead atoms. The van der Waals surface area contributed by atoms with E-state index in [1.807, 2.05) is 0 Å². The SMILES string of the molecule is Nc1cc(F)c(-c2ccncc2)cc1C(=O)[O-].[Li+]. The summed E-state index contributed by atoms with van der Waals surface area (Å²) in [5.41, 5.74) is 5.70. The maximum atomic E-state index is 13.7. The molecular weight excluding hydrogens is 230 g/mol. The fourth-order valence-electron chi connectivity index (χ4n) is 1.52. The summed E-state index contributed by atoms with van der Waals surface area (Å²) in [6, 6.07) is 5.29. The van der Waals surface area contributed by atoms with Crippen LogP contribution in [0.3, 0.4) is 0 Å². The minimum absolute atomic E-state index is 0. The van der Waals surface area contributed by atoms with Crippen LogP contribution in [0.5, 0.6) is 0 Å². The predicted octanol–water partition coefficient (Wildman–Crippen LogP) is -2.16. The summed E-state index contributed by atoms with van der Waals surface area (Å²) in [6.45, 7) is 0. The second-order valence-electron chi connectivity index (χ2n) is 3.44. The topological polar surface area (TPSA) is 79.0 Å². The van der Waals surface area contributed by atoms with E-state index in [1.165, 1.54) is 12.4 Å². The first-order chi connectivity index (χ1) is 8.09. The summed E-state index contributed by atoms with van der Waals surface area (Å²) in [5.74, 6) is -2.02. The van der Waals surface area contributed by atoms with Crippen molar-refractivity contribution in [1.29, 1.82) is 0 Å². The van der Waals surface area contributed by atoms with Crippen LogP contribution >= 0.6 is 0 Å². The number of hydrogen-bond donors (Lipinski definition) is 1. The number of carbonyl (C=O) groups is 1. The van der Waals surface area contributed by atoms with Gasteiger partial charge in [-0.1, -0.05) is 0 Å². The molecule has 0 atom stereocenters. The molecule has 0 radical (unpaired) electrons. The van der Waals surface area contributed by atoms with Crippen LogP contribution in [0.15, 0.2) is 36.7 Å². The molecule has 4 nitrogen and oxygen atoms in total. The Labute approximate surface area is 115 Å². The Kier molecular flexibility index (Phi) is 4.48. The summed E-state index contributed by atoms with van der Waals surface area (Å²) < 4.78 is 13.7. The van der Waals surface area contributed by atoms with E-state index in [-0.39, 0.29) is 35.7 Å². The van der Waals surface area contributed by atoms with Gasteiger partial charge in [-0.15, -0.1) is 0 Å². The van der Waals surface area contributed by atoms with Crippen molar-refractivity contribution < 1.29 is 33.2 Å². The third-order valence-corrected chi connectivity index (χ3v) is 2.35. The maximum Gasteiger partial charge on any atom is 1.00 e. The molecule has 0 unspecified atom stereocenters. The van der Waals surface area contributed by atoms with E-state index in [1.54, 1.807) is 12.1 Å². The van der Waals surface area contributed by atoms with Crippen LogP contribution in [0, 0.1) is 5.82 Å². The molecule has 18 heavy (non-hydrogen) atoms. The van der Waals surface area contributed by atoms with Crippen molar-refractivity contribution in [2.75, 3.05) is 5.73 Å². The molecule has 0 spiro atoms. The van der Waals surface area contributed by atoms with Crippen molar-refractivity contribution in [3.8, 4) is 11.1 Å². The van der Waals surface area contributed by atoms with E-state index in [4.69, 9.17) is 5.73 Å². The molecule has 0 aliphatic carbocycles. The first-order valence-corrected chi connectivity index (χ1v) is 4.80. The zero-order valence-electron chi connectivity index (χ0n) is 9.68. The Hall–Kier alpha value is -1.83. The van der Waals surface area contributed by atoms with Gasteiger partial charge in [0.05, 0.1) is 5.97 Å². The number of carboxylic acids is 1. The Morgan fingerprint density at radius 2 is 1.89 bits per heavy atom. The molecule has 2 rings (SSSR count). The number of halogens is 1. The number of benzene rings is 1. The predicted molar refractivity (Wildman–Crippen MR) is 58.4 cm³/mol. The average Bonchev–Trinajstić information content (AvgIpc) is 2.29. The molecule has 0 aliphatic rings. The van der Waals surface area contributed by atoms with Crippen LogP contribution in [0.2, 0.25) is 0 Å². The molecule has 6 heteroatoms. The number of aromatic carboxylic acids is 1. The van der Waals surface area contributed by atoms with Gasteiger partial charge in [0.1, 0.15) is 5.82 Å². The van der Waals surface area contributed by atoms with E-state index in [2.05, 4.69) is 4.98 Å². The fourth-order valence-corrected chi connectivity index (χ4v) is 1.52. The molecular formula is C12H8FLiN2O2. The monoisotopic (exact) mass is 238 g/mol. The first kappa shape index (κ1) is 14.2. The van der Waals surface area contributed by atoms with Crippen molar-refractivity contribution >= 4 is 11.7 Å². The number of carbonyl (C=O) groups excluding carboxylic acids is 1. The van der Waals surface area contributed by atoms with Gasteiger partial charge in [-0.2, -0.15) is 0 Å². The van der Waals surface area contributed by atoms with Crippen LogP contribution < -0.4 is 29.7 Å². The Morgan fingerprint density at radius 1 is 1.28 bits per heavy atom. The van der Waals surface area contributed by atoms with Crippen molar-refractivity contribution in [1.82, 2.24) is 4.98 Å². The van der Waals surface area contributed by atoms with Gasteiger partial charge < -0.3 is 15.6 Å². The van der Waals surface area contributed by atoms with E-state index in [0.717, 1.165) is 12.1 Å². The Morgan fingerprint density at radius 3 is 2.44 bits per heavy atom. The van der Waals surface area contributed by atoms with Gasteiger partial charge in [-0.25, -0.2) is 4.39 Å². The number of nitrogens with two attached hydrogens (primary N) is 1. The molecule has 0 amide bonds. The van der Waals surface area contributed by atoms with Crippen molar-refractivity contribution in [2.45, 2.75) is 0 Å². The fraction of sp³-hybridized carbons (Fsp3) is 0. The number of aromatic nitrogens is 1. The second kappa shape index (κ2) is 5.67. The largest absolute Gasteiger partial charge is 1.00 e. The average molecular weight is 238 g/mol. The summed E-state index contributed by atoms with van der Waals surface area (Å²) in [7, 11) is 0. The molecule has 0 aliphatic heterocycles. The van der Waals surface area contributed by atoms with E-state index < -0.39 is 11.8 Å². The minimum Gasteiger partial charge on any atom is -0.545 e. The van der Waals surface area contributed by atoms with Gasteiger partial charge in [0.15, 0.2) is 0 Å². The number of anilines is 1. The molecule has 0 saturated carbocycles. The number of nitrogen functional groups attached to an aromatic ring is 1. The van der Waals surface area contributed by atoms with Gasteiger partial charge in [-0.3, -0.25) is 4.98 Å². The van der Waals surface area contributed by atoms with Crippen LogP contribution in [0.25, 0.3) is 11.1 Å². The van der Waals surface area contributed by atoms with Gasteiger partial charge in [0.2, 0.25) is 0 Å². The summed E-state index contributed by atoms with van der Waals surface area (Å²) >= 11 is 0. The standard InChI is InChI=1S/C12H9FN2O2.Li/c13-10-6-11(14)9(12(16)17)5-8(10)7-1-3-15-4-2-7;/h1-6H,14H2,(H,16,17);/q;+1/p-1. The zero-order chi connectivity index (χ0) is 12.4. The molecule has 1 heterocycles. The van der Waals surface area contributed by atoms with Crippen molar-refractivity contribution in [3.63, 3.8) is 0 Å². The van der Waals surface area contributed by atoms with Crippen LogP contribution in [0.1, 0.15) is 10.4 Å². The molecule has 2 N–H and O–H groups in total. The molecule has 86 valence electrons.